The lowest BCUT2D eigenvalue weighted by Gasteiger charge is -2.18. The summed E-state index contributed by atoms with van der Waals surface area (Å²) < 4.78 is 6.52. The van der Waals surface area contributed by atoms with Crippen molar-refractivity contribution in [3.05, 3.63) is 28.2 Å². The van der Waals surface area contributed by atoms with Crippen molar-refractivity contribution in [3.8, 4) is 0 Å². The van der Waals surface area contributed by atoms with Gasteiger partial charge in [-0.3, -0.25) is 4.79 Å². The number of hydrogen-bond donors (Lipinski definition) is 1. The van der Waals surface area contributed by atoms with Gasteiger partial charge in [0.05, 0.1) is 32.1 Å². The summed E-state index contributed by atoms with van der Waals surface area (Å²) in [5.74, 6) is 0. The highest BCUT2D eigenvalue weighted by Crippen LogP contribution is 2.17. The lowest BCUT2D eigenvalue weighted by Crippen LogP contribution is -2.28. The minimum atomic E-state index is -0.134. The van der Waals surface area contributed by atoms with Crippen LogP contribution in [-0.4, -0.2) is 34.7 Å². The zero-order chi connectivity index (χ0) is 12.9. The Labute approximate surface area is 101 Å². The average Bonchev–Trinajstić information content (AvgIpc) is 2.25. The summed E-state index contributed by atoms with van der Waals surface area (Å²) in [6.07, 6.45) is 0. The summed E-state index contributed by atoms with van der Waals surface area (Å²) in [7, 11) is 0. The molecule has 0 aliphatic carbocycles. The molecule has 0 bridgehead atoms. The predicted octanol–water partition coefficient (Wildman–Crippen LogP) is 0.550. The van der Waals surface area contributed by atoms with Crippen LogP contribution in [0.4, 0.5) is 0 Å². The van der Waals surface area contributed by atoms with E-state index in [1.54, 1.807) is 6.07 Å². The Hall–Kier alpha value is -1.20. The van der Waals surface area contributed by atoms with E-state index in [9.17, 15) is 4.79 Å². The van der Waals surface area contributed by atoms with Crippen LogP contribution < -0.4 is 5.56 Å². The maximum atomic E-state index is 11.6. The zero-order valence-electron chi connectivity index (χ0n) is 10.6. The molecule has 0 amide bonds. The maximum Gasteiger partial charge on any atom is 0.266 e. The molecule has 0 atom stereocenters. The second-order valence-electron chi connectivity index (χ2n) is 4.87. The van der Waals surface area contributed by atoms with E-state index in [-0.39, 0.29) is 24.2 Å². The van der Waals surface area contributed by atoms with Crippen molar-refractivity contribution in [1.82, 2.24) is 9.78 Å². The molecule has 0 aliphatic rings. The Bertz CT molecular complexity index is 407. The fourth-order valence-corrected chi connectivity index (χ4v) is 1.33. The highest BCUT2D eigenvalue weighted by Gasteiger charge is 2.16. The summed E-state index contributed by atoms with van der Waals surface area (Å²) in [6, 6.07) is 3.28. The van der Waals surface area contributed by atoms with Gasteiger partial charge in [-0.05, 0) is 6.07 Å². The molecule has 0 aliphatic heterocycles. The van der Waals surface area contributed by atoms with Crippen molar-refractivity contribution in [1.29, 1.82) is 0 Å². The molecule has 0 aromatic carbocycles. The third kappa shape index (κ3) is 4.28. The molecule has 0 fully saturated rings. The lowest BCUT2D eigenvalue weighted by atomic mass is 9.92. The first-order valence-electron chi connectivity index (χ1n) is 5.72. The number of aliphatic hydroxyl groups is 1. The molecule has 1 rings (SSSR count). The molecule has 96 valence electrons. The molecule has 5 nitrogen and oxygen atoms in total. The number of ether oxygens (including phenoxy) is 1. The van der Waals surface area contributed by atoms with Gasteiger partial charge in [0, 0.05) is 11.5 Å². The van der Waals surface area contributed by atoms with Crippen molar-refractivity contribution >= 4 is 0 Å². The predicted molar refractivity (Wildman–Crippen MR) is 65.1 cm³/mol. The first-order chi connectivity index (χ1) is 7.95. The van der Waals surface area contributed by atoms with Crippen LogP contribution in [0.2, 0.25) is 0 Å². The van der Waals surface area contributed by atoms with Crippen LogP contribution in [0.3, 0.4) is 0 Å². The minimum Gasteiger partial charge on any atom is -0.394 e. The van der Waals surface area contributed by atoms with Gasteiger partial charge in [-0.25, -0.2) is 4.68 Å². The topological polar surface area (TPSA) is 64.3 Å². The SMILES string of the molecule is CC(C)(C)c1ccc(=O)n(CCOCCO)n1. The Morgan fingerprint density at radius 1 is 1.35 bits per heavy atom. The van der Waals surface area contributed by atoms with Crippen molar-refractivity contribution in [2.24, 2.45) is 0 Å². The van der Waals surface area contributed by atoms with Crippen LogP contribution in [0.5, 0.6) is 0 Å². The number of nitrogens with zero attached hydrogens (tertiary/aromatic N) is 2. The van der Waals surface area contributed by atoms with Crippen molar-refractivity contribution in [2.75, 3.05) is 19.8 Å². The van der Waals surface area contributed by atoms with Gasteiger partial charge in [0.1, 0.15) is 0 Å². The van der Waals surface area contributed by atoms with Crippen molar-refractivity contribution < 1.29 is 9.84 Å². The zero-order valence-corrected chi connectivity index (χ0v) is 10.6. The van der Waals surface area contributed by atoms with Gasteiger partial charge < -0.3 is 9.84 Å². The smallest absolute Gasteiger partial charge is 0.266 e. The molecule has 0 saturated carbocycles. The Morgan fingerprint density at radius 2 is 2.06 bits per heavy atom. The summed E-state index contributed by atoms with van der Waals surface area (Å²) in [5, 5.41) is 12.9. The molecule has 0 spiro atoms. The van der Waals surface area contributed by atoms with Gasteiger partial charge in [-0.15, -0.1) is 0 Å². The third-order valence-electron chi connectivity index (χ3n) is 2.32. The molecule has 0 unspecified atom stereocenters. The summed E-state index contributed by atoms with van der Waals surface area (Å²) >= 11 is 0. The molecule has 1 N–H and O–H groups in total. The molecular formula is C12H20N2O3. The van der Waals surface area contributed by atoms with Crippen LogP contribution in [0, 0.1) is 0 Å². The second kappa shape index (κ2) is 5.93. The molecular weight excluding hydrogens is 220 g/mol. The number of aliphatic hydroxyl groups excluding tert-OH is 1. The first-order valence-corrected chi connectivity index (χ1v) is 5.72. The highest BCUT2D eigenvalue weighted by molar-refractivity contribution is 5.10. The lowest BCUT2D eigenvalue weighted by molar-refractivity contribution is 0.0845. The van der Waals surface area contributed by atoms with Gasteiger partial charge >= 0.3 is 0 Å². The monoisotopic (exact) mass is 240 g/mol. The standard InChI is InChI=1S/C12H20N2O3/c1-12(2,3)10-4-5-11(16)14(13-10)6-8-17-9-7-15/h4-5,15H,6-9H2,1-3H3. The van der Waals surface area contributed by atoms with E-state index in [0.717, 1.165) is 5.69 Å². The van der Waals surface area contributed by atoms with E-state index in [1.165, 1.54) is 10.7 Å². The Balaban J connectivity index is 2.74. The van der Waals surface area contributed by atoms with E-state index in [4.69, 9.17) is 9.84 Å². The summed E-state index contributed by atoms with van der Waals surface area (Å²) in [4.78, 5) is 11.6. The fraction of sp³-hybridized carbons (Fsp3) is 0.667. The molecule has 17 heavy (non-hydrogen) atoms. The Kier molecular flexibility index (Phi) is 4.84. The van der Waals surface area contributed by atoms with Gasteiger partial charge in [0.25, 0.3) is 5.56 Å². The van der Waals surface area contributed by atoms with Crippen LogP contribution in [0.1, 0.15) is 26.5 Å². The quantitative estimate of drug-likeness (QED) is 0.763. The first kappa shape index (κ1) is 13.9. The number of aromatic nitrogens is 2. The van der Waals surface area contributed by atoms with Gasteiger partial charge in [-0.1, -0.05) is 20.8 Å². The van der Waals surface area contributed by atoms with E-state index in [0.29, 0.717) is 13.2 Å². The van der Waals surface area contributed by atoms with Crippen LogP contribution >= 0.6 is 0 Å². The normalized spacial score (nSPS) is 11.8. The van der Waals surface area contributed by atoms with Crippen LogP contribution in [0.25, 0.3) is 0 Å². The maximum absolute atomic E-state index is 11.6. The highest BCUT2D eigenvalue weighted by atomic mass is 16.5. The van der Waals surface area contributed by atoms with E-state index in [2.05, 4.69) is 5.10 Å². The molecule has 1 heterocycles. The third-order valence-corrected chi connectivity index (χ3v) is 2.32. The van der Waals surface area contributed by atoms with Gasteiger partial charge in [0.15, 0.2) is 0 Å². The van der Waals surface area contributed by atoms with E-state index in [1.807, 2.05) is 20.8 Å². The molecule has 0 saturated heterocycles. The van der Waals surface area contributed by atoms with Gasteiger partial charge in [-0.2, -0.15) is 5.10 Å². The molecule has 5 heteroatoms. The summed E-state index contributed by atoms with van der Waals surface area (Å²) in [5.41, 5.74) is 0.659. The molecule has 0 radical (unpaired) electrons. The molecule has 1 aromatic rings. The van der Waals surface area contributed by atoms with Crippen molar-refractivity contribution in [2.45, 2.75) is 32.7 Å². The van der Waals surface area contributed by atoms with Crippen molar-refractivity contribution in [3.63, 3.8) is 0 Å². The second-order valence-corrected chi connectivity index (χ2v) is 4.87. The fourth-order valence-electron chi connectivity index (χ4n) is 1.33. The average molecular weight is 240 g/mol. The molecule has 1 aromatic heterocycles. The largest absolute Gasteiger partial charge is 0.394 e. The van der Waals surface area contributed by atoms with Crippen LogP contribution in [0.15, 0.2) is 16.9 Å². The van der Waals surface area contributed by atoms with E-state index >= 15 is 0 Å². The minimum absolute atomic E-state index is 0.00957. The van der Waals surface area contributed by atoms with E-state index < -0.39 is 0 Å². The van der Waals surface area contributed by atoms with Gasteiger partial charge in [0.2, 0.25) is 0 Å². The number of rotatable bonds is 5. The van der Waals surface area contributed by atoms with Crippen LogP contribution in [-0.2, 0) is 16.7 Å². The Morgan fingerprint density at radius 3 is 2.65 bits per heavy atom. The summed E-state index contributed by atoms with van der Waals surface area (Å²) in [6.45, 7) is 7.20. The number of hydrogen-bond acceptors (Lipinski definition) is 4.